The second-order valence-corrected chi connectivity index (χ2v) is 5.78. The summed E-state index contributed by atoms with van der Waals surface area (Å²) in [6.45, 7) is 0.937. The van der Waals surface area contributed by atoms with Gasteiger partial charge in [-0.2, -0.15) is 0 Å². The molecule has 1 saturated heterocycles. The Morgan fingerprint density at radius 1 is 1.19 bits per heavy atom. The lowest BCUT2D eigenvalue weighted by Gasteiger charge is -2.15. The first-order valence-electron chi connectivity index (χ1n) is 7.12. The van der Waals surface area contributed by atoms with Gasteiger partial charge < -0.3 is 16.4 Å². The van der Waals surface area contributed by atoms with E-state index >= 15 is 0 Å². The summed E-state index contributed by atoms with van der Waals surface area (Å²) in [5, 5.41) is 5.99. The van der Waals surface area contributed by atoms with Gasteiger partial charge in [0.15, 0.2) is 0 Å². The zero-order chi connectivity index (χ0) is 15.0. The molecule has 4 N–H and O–H groups in total. The first-order valence-corrected chi connectivity index (χ1v) is 7.12. The van der Waals surface area contributed by atoms with Crippen LogP contribution < -0.4 is 16.4 Å². The van der Waals surface area contributed by atoms with Gasteiger partial charge in [-0.25, -0.2) is 4.39 Å². The summed E-state index contributed by atoms with van der Waals surface area (Å²) < 4.78 is 12.9. The van der Waals surface area contributed by atoms with Gasteiger partial charge in [0.25, 0.3) is 0 Å². The number of carbonyl (C=O) groups excluding carboxylic acids is 2. The van der Waals surface area contributed by atoms with Crippen molar-refractivity contribution in [1.29, 1.82) is 0 Å². The molecule has 1 aliphatic heterocycles. The average molecular weight is 291 g/mol. The van der Waals surface area contributed by atoms with E-state index in [2.05, 4.69) is 10.6 Å². The number of nitrogens with one attached hydrogen (secondary N) is 2. The lowest BCUT2D eigenvalue weighted by Crippen LogP contribution is -2.40. The second-order valence-electron chi connectivity index (χ2n) is 5.78. The van der Waals surface area contributed by atoms with Gasteiger partial charge in [-0.15, -0.1) is 0 Å². The van der Waals surface area contributed by atoms with Gasteiger partial charge in [0, 0.05) is 25.0 Å². The lowest BCUT2D eigenvalue weighted by molar-refractivity contribution is -0.131. The van der Waals surface area contributed by atoms with Crippen LogP contribution in [0.2, 0.25) is 0 Å². The largest absolute Gasteiger partial charge is 0.369 e. The van der Waals surface area contributed by atoms with E-state index < -0.39 is 17.7 Å². The summed E-state index contributed by atoms with van der Waals surface area (Å²) in [7, 11) is 0. The molecular formula is C15H18FN3O2. The molecule has 3 rings (SSSR count). The highest BCUT2D eigenvalue weighted by Gasteiger charge is 2.43. The van der Waals surface area contributed by atoms with Crippen LogP contribution in [0.1, 0.15) is 17.9 Å². The van der Waals surface area contributed by atoms with Crippen molar-refractivity contribution in [2.24, 2.45) is 17.6 Å². The molecule has 1 aliphatic carbocycles. The minimum absolute atomic E-state index is 0.0667. The molecule has 2 aliphatic rings. The van der Waals surface area contributed by atoms with E-state index in [0.717, 1.165) is 12.0 Å². The molecule has 5 nitrogen and oxygen atoms in total. The fourth-order valence-electron chi connectivity index (χ4n) is 2.98. The zero-order valence-corrected chi connectivity index (χ0v) is 11.5. The summed E-state index contributed by atoms with van der Waals surface area (Å²) in [5.41, 5.74) is 6.34. The fourth-order valence-corrected chi connectivity index (χ4v) is 2.98. The molecule has 0 bridgehead atoms. The summed E-state index contributed by atoms with van der Waals surface area (Å²) in [6.07, 6.45) is 0.846. The number of hydrogen-bond acceptors (Lipinski definition) is 3. The van der Waals surface area contributed by atoms with Gasteiger partial charge in [-0.05, 0) is 24.1 Å². The van der Waals surface area contributed by atoms with Gasteiger partial charge >= 0.3 is 0 Å². The number of halogens is 1. The van der Waals surface area contributed by atoms with Gasteiger partial charge in [-0.3, -0.25) is 9.59 Å². The van der Waals surface area contributed by atoms with Gasteiger partial charge in [0.2, 0.25) is 11.8 Å². The highest BCUT2D eigenvalue weighted by atomic mass is 19.1. The first kappa shape index (κ1) is 14.0. The highest BCUT2D eigenvalue weighted by molar-refractivity contribution is 5.88. The van der Waals surface area contributed by atoms with E-state index in [4.69, 9.17) is 5.73 Å². The summed E-state index contributed by atoms with van der Waals surface area (Å²) in [4.78, 5) is 23.5. The van der Waals surface area contributed by atoms with Crippen LogP contribution in [0.4, 0.5) is 4.39 Å². The Morgan fingerprint density at radius 2 is 1.86 bits per heavy atom. The van der Waals surface area contributed by atoms with Crippen molar-refractivity contribution in [3.8, 4) is 0 Å². The summed E-state index contributed by atoms with van der Waals surface area (Å²) >= 11 is 0. The summed E-state index contributed by atoms with van der Waals surface area (Å²) in [5.74, 6) is -1.42. The van der Waals surface area contributed by atoms with Crippen LogP contribution in [0.15, 0.2) is 24.3 Å². The van der Waals surface area contributed by atoms with Crippen molar-refractivity contribution < 1.29 is 14.0 Å². The van der Waals surface area contributed by atoms with E-state index in [9.17, 15) is 14.0 Å². The summed E-state index contributed by atoms with van der Waals surface area (Å²) in [6, 6.07) is 6.41. The monoisotopic (exact) mass is 291 g/mol. The standard InChI is InChI=1S/C15H18FN3O2/c16-9-3-1-8(2-4-9)10-5-13(10)19-15(21)12-7-18-6-11(12)14(17)20/h1-4,10-13,18H,5-7H2,(H2,17,20)(H,19,21)/t10-,11?,12?,13+/m1/s1. The molecule has 0 radical (unpaired) electrons. The third-order valence-corrected chi connectivity index (χ3v) is 4.33. The van der Waals surface area contributed by atoms with Crippen LogP contribution in [-0.4, -0.2) is 30.9 Å². The van der Waals surface area contributed by atoms with Crippen molar-refractivity contribution >= 4 is 11.8 Å². The second kappa shape index (κ2) is 5.44. The molecule has 2 amide bonds. The van der Waals surface area contributed by atoms with Crippen LogP contribution in [0.5, 0.6) is 0 Å². The zero-order valence-electron chi connectivity index (χ0n) is 11.5. The predicted molar refractivity (Wildman–Crippen MR) is 74.7 cm³/mol. The molecule has 21 heavy (non-hydrogen) atoms. The molecule has 4 atom stereocenters. The predicted octanol–water partition coefficient (Wildman–Crippen LogP) is 0.119. The smallest absolute Gasteiger partial charge is 0.225 e. The third-order valence-electron chi connectivity index (χ3n) is 4.33. The molecule has 1 aromatic carbocycles. The maximum Gasteiger partial charge on any atom is 0.225 e. The van der Waals surface area contributed by atoms with Crippen molar-refractivity contribution in [2.75, 3.05) is 13.1 Å². The minimum Gasteiger partial charge on any atom is -0.369 e. The Labute approximate surface area is 122 Å². The Kier molecular flexibility index (Phi) is 3.63. The Morgan fingerprint density at radius 3 is 2.52 bits per heavy atom. The van der Waals surface area contributed by atoms with Crippen molar-refractivity contribution in [2.45, 2.75) is 18.4 Å². The van der Waals surface area contributed by atoms with Crippen molar-refractivity contribution in [3.63, 3.8) is 0 Å². The maximum atomic E-state index is 12.9. The minimum atomic E-state index is -0.439. The number of amides is 2. The quantitative estimate of drug-likeness (QED) is 0.736. The van der Waals surface area contributed by atoms with Gasteiger partial charge in [0.05, 0.1) is 11.8 Å². The van der Waals surface area contributed by atoms with Crippen LogP contribution in [-0.2, 0) is 9.59 Å². The van der Waals surface area contributed by atoms with E-state index in [1.54, 1.807) is 12.1 Å². The number of hydrogen-bond donors (Lipinski definition) is 3. The Hall–Kier alpha value is -1.95. The SMILES string of the molecule is NC(=O)C1CNCC1C(=O)N[C@H]1C[C@@H]1c1ccc(F)cc1. The number of primary amides is 1. The van der Waals surface area contributed by atoms with Crippen LogP contribution in [0, 0.1) is 17.7 Å². The highest BCUT2D eigenvalue weighted by Crippen LogP contribution is 2.41. The molecule has 1 heterocycles. The van der Waals surface area contributed by atoms with Crippen molar-refractivity contribution in [1.82, 2.24) is 10.6 Å². The van der Waals surface area contributed by atoms with Crippen LogP contribution in [0.3, 0.4) is 0 Å². The van der Waals surface area contributed by atoms with E-state index in [-0.39, 0.29) is 23.7 Å². The third kappa shape index (κ3) is 2.90. The molecule has 0 spiro atoms. The molecular weight excluding hydrogens is 273 g/mol. The van der Waals surface area contributed by atoms with Crippen LogP contribution in [0.25, 0.3) is 0 Å². The van der Waals surface area contributed by atoms with Gasteiger partial charge in [0.1, 0.15) is 5.82 Å². The van der Waals surface area contributed by atoms with Gasteiger partial charge in [-0.1, -0.05) is 12.1 Å². The van der Waals surface area contributed by atoms with E-state index in [1.807, 2.05) is 0 Å². The molecule has 2 fully saturated rings. The van der Waals surface area contributed by atoms with Crippen molar-refractivity contribution in [3.05, 3.63) is 35.6 Å². The maximum absolute atomic E-state index is 12.9. The molecule has 0 aromatic heterocycles. The Balaban J connectivity index is 1.57. The normalized spacial score (nSPS) is 30.9. The molecule has 1 aromatic rings. The van der Waals surface area contributed by atoms with E-state index in [1.165, 1.54) is 12.1 Å². The molecule has 112 valence electrons. The first-order chi connectivity index (χ1) is 10.1. The van der Waals surface area contributed by atoms with Crippen LogP contribution >= 0.6 is 0 Å². The molecule has 2 unspecified atom stereocenters. The fraction of sp³-hybridized carbons (Fsp3) is 0.467. The number of nitrogens with two attached hydrogens (primary N) is 1. The number of benzene rings is 1. The number of carbonyl (C=O) groups is 2. The lowest BCUT2D eigenvalue weighted by atomic mass is 9.94. The molecule has 6 heteroatoms. The average Bonchev–Trinajstić information content (AvgIpc) is 3.03. The topological polar surface area (TPSA) is 84.2 Å². The molecule has 1 saturated carbocycles. The number of rotatable bonds is 4. The van der Waals surface area contributed by atoms with E-state index in [0.29, 0.717) is 13.1 Å². The Bertz CT molecular complexity index is 561.